The molecular formula is C16H17NO4S. The Morgan fingerprint density at radius 3 is 2.23 bits per heavy atom. The molecule has 116 valence electrons. The molecule has 0 aromatic heterocycles. The predicted octanol–water partition coefficient (Wildman–Crippen LogP) is 2.42. The molecule has 0 spiro atoms. The molecule has 2 aromatic rings. The molecule has 0 saturated carbocycles. The van der Waals surface area contributed by atoms with Crippen LogP contribution in [0.2, 0.25) is 0 Å². The van der Waals surface area contributed by atoms with Gasteiger partial charge in [0, 0.05) is 19.0 Å². The lowest BCUT2D eigenvalue weighted by atomic mass is 9.93. The molecule has 5 nitrogen and oxygen atoms in total. The number of rotatable bonds is 4. The van der Waals surface area contributed by atoms with Crippen molar-refractivity contribution in [2.45, 2.75) is 17.7 Å². The summed E-state index contributed by atoms with van der Waals surface area (Å²) in [5.74, 6) is 0.437. The molecule has 6 heteroatoms. The lowest BCUT2D eigenvalue weighted by Crippen LogP contribution is -2.45. The van der Waals surface area contributed by atoms with E-state index in [-0.39, 0.29) is 16.6 Å². The number of phenols is 1. The number of phenolic OH excluding ortho intramolecular Hbond substituents is 1. The van der Waals surface area contributed by atoms with E-state index in [0.29, 0.717) is 13.1 Å². The Morgan fingerprint density at radius 2 is 1.64 bits per heavy atom. The van der Waals surface area contributed by atoms with Crippen LogP contribution in [0.1, 0.15) is 17.0 Å². The van der Waals surface area contributed by atoms with Crippen LogP contribution in [-0.4, -0.2) is 31.7 Å². The minimum absolute atomic E-state index is 0.159. The van der Waals surface area contributed by atoms with Crippen LogP contribution in [0.4, 0.5) is 0 Å². The van der Waals surface area contributed by atoms with E-state index < -0.39 is 10.1 Å². The average molecular weight is 319 g/mol. The molecule has 0 amide bonds. The first-order valence-corrected chi connectivity index (χ1v) is 8.40. The van der Waals surface area contributed by atoms with E-state index in [1.165, 1.54) is 5.06 Å². The van der Waals surface area contributed by atoms with Gasteiger partial charge >= 0.3 is 10.1 Å². The summed E-state index contributed by atoms with van der Waals surface area (Å²) in [5.41, 5.74) is 2.06. The Kier molecular flexibility index (Phi) is 3.90. The van der Waals surface area contributed by atoms with Crippen LogP contribution in [-0.2, 0) is 14.4 Å². The molecule has 2 aromatic carbocycles. The summed E-state index contributed by atoms with van der Waals surface area (Å²) in [6.07, 6.45) is 0. The van der Waals surface area contributed by atoms with Crippen LogP contribution in [0, 0.1) is 6.92 Å². The van der Waals surface area contributed by atoms with Crippen molar-refractivity contribution in [3.8, 4) is 5.75 Å². The van der Waals surface area contributed by atoms with Crippen LogP contribution in [0.25, 0.3) is 0 Å². The zero-order chi connectivity index (χ0) is 15.7. The number of hydrogen-bond acceptors (Lipinski definition) is 5. The van der Waals surface area contributed by atoms with Gasteiger partial charge in [0.05, 0.1) is 4.90 Å². The molecule has 0 radical (unpaired) electrons. The summed E-state index contributed by atoms with van der Waals surface area (Å²) < 4.78 is 29.4. The second kappa shape index (κ2) is 5.72. The highest BCUT2D eigenvalue weighted by molar-refractivity contribution is 7.86. The Hall–Kier alpha value is -1.89. The normalized spacial score (nSPS) is 16.4. The van der Waals surface area contributed by atoms with E-state index in [0.717, 1.165) is 11.1 Å². The third-order valence-electron chi connectivity index (χ3n) is 3.73. The van der Waals surface area contributed by atoms with E-state index in [9.17, 15) is 13.5 Å². The number of benzene rings is 2. The predicted molar refractivity (Wildman–Crippen MR) is 81.9 cm³/mol. The van der Waals surface area contributed by atoms with Crippen molar-refractivity contribution in [3.05, 3.63) is 59.7 Å². The zero-order valence-electron chi connectivity index (χ0n) is 12.1. The maximum atomic E-state index is 12.1. The fraction of sp³-hybridized carbons (Fsp3) is 0.250. The Labute approximate surface area is 129 Å². The number of nitrogens with zero attached hydrogens (tertiary/aromatic N) is 1. The summed E-state index contributed by atoms with van der Waals surface area (Å²) in [6, 6.07) is 13.5. The third kappa shape index (κ3) is 3.14. The first kappa shape index (κ1) is 15.0. The van der Waals surface area contributed by atoms with Gasteiger partial charge in [0.2, 0.25) is 0 Å². The van der Waals surface area contributed by atoms with Gasteiger partial charge in [-0.1, -0.05) is 29.8 Å². The largest absolute Gasteiger partial charge is 0.508 e. The highest BCUT2D eigenvalue weighted by atomic mass is 32.2. The van der Waals surface area contributed by atoms with Crippen LogP contribution < -0.4 is 0 Å². The van der Waals surface area contributed by atoms with E-state index in [4.69, 9.17) is 4.28 Å². The van der Waals surface area contributed by atoms with E-state index >= 15 is 0 Å². The smallest absolute Gasteiger partial charge is 0.313 e. The monoisotopic (exact) mass is 319 g/mol. The molecule has 0 unspecified atom stereocenters. The first-order valence-electron chi connectivity index (χ1n) is 6.99. The summed E-state index contributed by atoms with van der Waals surface area (Å²) in [6.45, 7) is 2.92. The molecule has 0 bridgehead atoms. The first-order chi connectivity index (χ1) is 10.4. The van der Waals surface area contributed by atoms with Crippen molar-refractivity contribution in [2.24, 2.45) is 0 Å². The van der Waals surface area contributed by atoms with Crippen molar-refractivity contribution in [1.82, 2.24) is 5.06 Å². The van der Waals surface area contributed by atoms with Gasteiger partial charge in [0.1, 0.15) is 5.75 Å². The van der Waals surface area contributed by atoms with Crippen LogP contribution in [0.3, 0.4) is 0 Å². The van der Waals surface area contributed by atoms with E-state index in [1.54, 1.807) is 36.4 Å². The molecule has 1 aliphatic heterocycles. The van der Waals surface area contributed by atoms with Gasteiger partial charge in [0.25, 0.3) is 0 Å². The summed E-state index contributed by atoms with van der Waals surface area (Å²) in [4.78, 5) is 0.159. The van der Waals surface area contributed by atoms with Gasteiger partial charge in [-0.3, -0.25) is 0 Å². The summed E-state index contributed by atoms with van der Waals surface area (Å²) >= 11 is 0. The molecule has 1 N–H and O–H groups in total. The fourth-order valence-electron chi connectivity index (χ4n) is 2.34. The van der Waals surface area contributed by atoms with Crippen LogP contribution in [0.5, 0.6) is 5.75 Å². The van der Waals surface area contributed by atoms with Crippen molar-refractivity contribution in [1.29, 1.82) is 0 Å². The van der Waals surface area contributed by atoms with Gasteiger partial charge in [-0.25, -0.2) is 0 Å². The van der Waals surface area contributed by atoms with Crippen LogP contribution in [0.15, 0.2) is 53.4 Å². The molecular weight excluding hydrogens is 302 g/mol. The molecule has 3 rings (SSSR count). The van der Waals surface area contributed by atoms with E-state index in [2.05, 4.69) is 0 Å². The van der Waals surface area contributed by atoms with Gasteiger partial charge in [-0.05, 0) is 36.8 Å². The maximum Gasteiger partial charge on any atom is 0.313 e. The minimum atomic E-state index is -3.76. The number of hydrogen-bond donors (Lipinski definition) is 1. The van der Waals surface area contributed by atoms with Crippen molar-refractivity contribution in [2.75, 3.05) is 13.1 Å². The molecule has 0 atom stereocenters. The van der Waals surface area contributed by atoms with Crippen molar-refractivity contribution in [3.63, 3.8) is 0 Å². The molecule has 1 fully saturated rings. The molecule has 1 aliphatic rings. The molecule has 1 heterocycles. The lowest BCUT2D eigenvalue weighted by Gasteiger charge is -2.37. The van der Waals surface area contributed by atoms with Gasteiger partial charge in [-0.15, -0.1) is 0 Å². The third-order valence-corrected chi connectivity index (χ3v) is 4.98. The van der Waals surface area contributed by atoms with Crippen molar-refractivity contribution >= 4 is 10.1 Å². The Bertz CT molecular complexity index is 748. The minimum Gasteiger partial charge on any atom is -0.508 e. The maximum absolute atomic E-state index is 12.1. The zero-order valence-corrected chi connectivity index (χ0v) is 13.0. The highest BCUT2D eigenvalue weighted by Crippen LogP contribution is 2.30. The average Bonchev–Trinajstić information content (AvgIpc) is 2.44. The standard InChI is InChI=1S/C16H17NO4S/c1-12-2-8-16(9-3-12)22(19,20)21-17-10-14(11-17)13-4-6-15(18)7-5-13/h2-9,14,18H,10-11H2,1H3. The van der Waals surface area contributed by atoms with Crippen molar-refractivity contribution < 1.29 is 17.8 Å². The second-order valence-electron chi connectivity index (χ2n) is 5.48. The molecule has 22 heavy (non-hydrogen) atoms. The SMILES string of the molecule is Cc1ccc(S(=O)(=O)ON2CC(c3ccc(O)cc3)C2)cc1. The number of hydroxylamine groups is 2. The number of aryl methyl sites for hydroxylation is 1. The fourth-order valence-corrected chi connectivity index (χ4v) is 3.30. The van der Waals surface area contributed by atoms with E-state index in [1.807, 2.05) is 19.1 Å². The lowest BCUT2D eigenvalue weighted by molar-refractivity contribution is -0.114. The Morgan fingerprint density at radius 1 is 1.05 bits per heavy atom. The molecule has 1 saturated heterocycles. The van der Waals surface area contributed by atoms with Crippen LogP contribution >= 0.6 is 0 Å². The quantitative estimate of drug-likeness (QED) is 0.937. The van der Waals surface area contributed by atoms with Gasteiger partial charge in [-0.2, -0.15) is 17.8 Å². The van der Waals surface area contributed by atoms with Gasteiger partial charge in [0.15, 0.2) is 0 Å². The number of aromatic hydroxyl groups is 1. The molecule has 0 aliphatic carbocycles. The highest BCUT2D eigenvalue weighted by Gasteiger charge is 2.33. The second-order valence-corrected chi connectivity index (χ2v) is 7.01. The summed E-state index contributed by atoms with van der Waals surface area (Å²) in [7, 11) is -3.76. The summed E-state index contributed by atoms with van der Waals surface area (Å²) in [5, 5.41) is 10.7. The van der Waals surface area contributed by atoms with Gasteiger partial charge < -0.3 is 5.11 Å². The topological polar surface area (TPSA) is 66.8 Å². The Balaban J connectivity index is 1.61.